The molecule has 7 heteroatoms. The van der Waals surface area contributed by atoms with Crippen molar-refractivity contribution in [3.8, 4) is 5.75 Å². The predicted octanol–water partition coefficient (Wildman–Crippen LogP) is 2.52. The number of hydrogen-bond donors (Lipinski definition) is 1. The van der Waals surface area contributed by atoms with E-state index in [1.165, 1.54) is 23.5 Å². The molecule has 0 spiro atoms. The van der Waals surface area contributed by atoms with Crippen molar-refractivity contribution in [1.82, 2.24) is 4.98 Å². The Labute approximate surface area is 107 Å². The van der Waals surface area contributed by atoms with E-state index in [1.54, 1.807) is 12.1 Å². The van der Waals surface area contributed by atoms with Gasteiger partial charge in [-0.1, -0.05) is 11.3 Å². The van der Waals surface area contributed by atoms with Gasteiger partial charge in [-0.05, 0) is 19.1 Å². The van der Waals surface area contributed by atoms with Crippen LogP contribution in [0.3, 0.4) is 0 Å². The summed E-state index contributed by atoms with van der Waals surface area (Å²) in [5, 5.41) is 11.0. The lowest BCUT2D eigenvalue weighted by atomic mass is 10.3. The summed E-state index contributed by atoms with van der Waals surface area (Å²) in [4.78, 5) is 15.1. The molecular formula is C11H11N3O3S. The Morgan fingerprint density at radius 2 is 2.11 bits per heavy atom. The zero-order valence-electron chi connectivity index (χ0n) is 9.62. The highest BCUT2D eigenvalue weighted by atomic mass is 32.1. The molecule has 2 aromatic rings. The number of rotatable bonds is 4. The van der Waals surface area contributed by atoms with Crippen LogP contribution in [-0.4, -0.2) is 9.91 Å². The van der Waals surface area contributed by atoms with E-state index in [-0.39, 0.29) is 5.69 Å². The number of nitrogen functional groups attached to an aromatic ring is 1. The molecule has 0 atom stereocenters. The number of nitro benzene ring substituents is 1. The molecular weight excluding hydrogens is 254 g/mol. The van der Waals surface area contributed by atoms with E-state index < -0.39 is 4.92 Å². The average molecular weight is 265 g/mol. The Balaban J connectivity index is 2.02. The minimum atomic E-state index is -0.447. The molecule has 1 aromatic heterocycles. The van der Waals surface area contributed by atoms with E-state index in [2.05, 4.69) is 4.98 Å². The molecule has 94 valence electrons. The van der Waals surface area contributed by atoms with Gasteiger partial charge in [0.05, 0.1) is 15.5 Å². The van der Waals surface area contributed by atoms with Gasteiger partial charge in [0.2, 0.25) is 0 Å². The third-order valence-corrected chi connectivity index (χ3v) is 3.29. The van der Waals surface area contributed by atoms with Crippen molar-refractivity contribution >= 4 is 22.2 Å². The van der Waals surface area contributed by atoms with E-state index in [9.17, 15) is 10.1 Å². The second kappa shape index (κ2) is 5.01. The number of thiazole rings is 1. The molecule has 0 bridgehead atoms. The Kier molecular flexibility index (Phi) is 3.42. The second-order valence-electron chi connectivity index (χ2n) is 3.60. The standard InChI is InChI=1S/C11H11N3O3S/c1-7-10(18-11(12)13-7)6-17-9-4-2-8(3-5-9)14(15)16/h2-5H,6H2,1H3,(H2,12,13). The molecule has 2 rings (SSSR count). The van der Waals surface area contributed by atoms with Gasteiger partial charge in [-0.15, -0.1) is 0 Å². The Bertz CT molecular complexity index is 565. The second-order valence-corrected chi connectivity index (χ2v) is 4.72. The highest BCUT2D eigenvalue weighted by Gasteiger charge is 2.07. The van der Waals surface area contributed by atoms with E-state index in [0.717, 1.165) is 10.6 Å². The van der Waals surface area contributed by atoms with Crippen LogP contribution < -0.4 is 10.5 Å². The fourth-order valence-corrected chi connectivity index (χ4v) is 2.14. The third-order valence-electron chi connectivity index (χ3n) is 2.33. The number of aryl methyl sites for hydroxylation is 1. The van der Waals surface area contributed by atoms with Crippen molar-refractivity contribution in [1.29, 1.82) is 0 Å². The van der Waals surface area contributed by atoms with Gasteiger partial charge in [0.15, 0.2) is 5.13 Å². The summed E-state index contributed by atoms with van der Waals surface area (Å²) in [5.74, 6) is 0.576. The number of anilines is 1. The van der Waals surface area contributed by atoms with Crippen molar-refractivity contribution < 1.29 is 9.66 Å². The zero-order chi connectivity index (χ0) is 13.1. The maximum absolute atomic E-state index is 10.5. The average Bonchev–Trinajstić information content (AvgIpc) is 2.66. The first kappa shape index (κ1) is 12.3. The smallest absolute Gasteiger partial charge is 0.269 e. The van der Waals surface area contributed by atoms with Crippen LogP contribution in [0.4, 0.5) is 10.8 Å². The fraction of sp³-hybridized carbons (Fsp3) is 0.182. The summed E-state index contributed by atoms with van der Waals surface area (Å²) in [6.45, 7) is 2.22. The lowest BCUT2D eigenvalue weighted by molar-refractivity contribution is -0.384. The van der Waals surface area contributed by atoms with Gasteiger partial charge < -0.3 is 10.5 Å². The van der Waals surface area contributed by atoms with Gasteiger partial charge in [-0.25, -0.2) is 4.98 Å². The minimum Gasteiger partial charge on any atom is -0.488 e. The predicted molar refractivity (Wildman–Crippen MR) is 68.7 cm³/mol. The van der Waals surface area contributed by atoms with Crippen LogP contribution in [0.15, 0.2) is 24.3 Å². The highest BCUT2D eigenvalue weighted by Crippen LogP contribution is 2.23. The topological polar surface area (TPSA) is 91.3 Å². The summed E-state index contributed by atoms with van der Waals surface area (Å²) in [6, 6.07) is 5.95. The first-order chi connectivity index (χ1) is 8.56. The van der Waals surface area contributed by atoms with Crippen molar-refractivity contribution in [3.05, 3.63) is 45.0 Å². The SMILES string of the molecule is Cc1nc(N)sc1COc1ccc([N+](=O)[O-])cc1. The minimum absolute atomic E-state index is 0.0422. The molecule has 0 aliphatic heterocycles. The normalized spacial score (nSPS) is 10.3. The van der Waals surface area contributed by atoms with E-state index in [1.807, 2.05) is 6.92 Å². The lowest BCUT2D eigenvalue weighted by Crippen LogP contribution is -1.95. The number of hydrogen-bond acceptors (Lipinski definition) is 6. The van der Waals surface area contributed by atoms with Gasteiger partial charge in [0.25, 0.3) is 5.69 Å². The molecule has 0 fully saturated rings. The molecule has 0 radical (unpaired) electrons. The van der Waals surface area contributed by atoms with Crippen LogP contribution >= 0.6 is 11.3 Å². The van der Waals surface area contributed by atoms with Crippen molar-refractivity contribution in [2.24, 2.45) is 0 Å². The maximum atomic E-state index is 10.5. The molecule has 0 aliphatic carbocycles. The molecule has 6 nitrogen and oxygen atoms in total. The summed E-state index contributed by atoms with van der Waals surface area (Å²) in [5.41, 5.74) is 6.47. The van der Waals surface area contributed by atoms with Crippen LogP contribution in [0.25, 0.3) is 0 Å². The maximum Gasteiger partial charge on any atom is 0.269 e. The summed E-state index contributed by atoms with van der Waals surface area (Å²) in [6.07, 6.45) is 0. The van der Waals surface area contributed by atoms with Gasteiger partial charge in [0.1, 0.15) is 12.4 Å². The van der Waals surface area contributed by atoms with Crippen LogP contribution in [0.5, 0.6) is 5.75 Å². The number of nitro groups is 1. The molecule has 2 N–H and O–H groups in total. The quantitative estimate of drug-likeness (QED) is 0.677. The first-order valence-electron chi connectivity index (χ1n) is 5.15. The van der Waals surface area contributed by atoms with Gasteiger partial charge in [-0.3, -0.25) is 10.1 Å². The van der Waals surface area contributed by atoms with Crippen LogP contribution in [0.1, 0.15) is 10.6 Å². The number of aromatic nitrogens is 1. The largest absolute Gasteiger partial charge is 0.488 e. The third kappa shape index (κ3) is 2.75. The number of non-ortho nitro benzene ring substituents is 1. The zero-order valence-corrected chi connectivity index (χ0v) is 10.4. The molecule has 1 heterocycles. The van der Waals surface area contributed by atoms with E-state index in [4.69, 9.17) is 10.5 Å². The van der Waals surface area contributed by atoms with Crippen molar-refractivity contribution in [3.63, 3.8) is 0 Å². The van der Waals surface area contributed by atoms with Gasteiger partial charge in [0, 0.05) is 12.1 Å². The van der Waals surface area contributed by atoms with Crippen LogP contribution in [0.2, 0.25) is 0 Å². The molecule has 18 heavy (non-hydrogen) atoms. The van der Waals surface area contributed by atoms with Crippen molar-refractivity contribution in [2.75, 3.05) is 5.73 Å². The van der Waals surface area contributed by atoms with E-state index >= 15 is 0 Å². The number of benzene rings is 1. The number of ether oxygens (including phenoxy) is 1. The lowest BCUT2D eigenvalue weighted by Gasteiger charge is -2.04. The van der Waals surface area contributed by atoms with Gasteiger partial charge >= 0.3 is 0 Å². The number of nitrogens with two attached hydrogens (primary N) is 1. The monoisotopic (exact) mass is 265 g/mol. The Hall–Kier alpha value is -2.15. The van der Waals surface area contributed by atoms with E-state index in [0.29, 0.717) is 17.5 Å². The molecule has 0 aliphatic rings. The Morgan fingerprint density at radius 3 is 2.61 bits per heavy atom. The molecule has 0 saturated heterocycles. The summed E-state index contributed by atoms with van der Waals surface area (Å²) >= 11 is 1.38. The summed E-state index contributed by atoms with van der Waals surface area (Å²) in [7, 11) is 0. The highest BCUT2D eigenvalue weighted by molar-refractivity contribution is 7.15. The summed E-state index contributed by atoms with van der Waals surface area (Å²) < 4.78 is 5.51. The number of nitrogens with zero attached hydrogens (tertiary/aromatic N) is 2. The van der Waals surface area contributed by atoms with Crippen LogP contribution in [-0.2, 0) is 6.61 Å². The first-order valence-corrected chi connectivity index (χ1v) is 5.97. The molecule has 0 saturated carbocycles. The fourth-order valence-electron chi connectivity index (χ4n) is 1.40. The Morgan fingerprint density at radius 1 is 1.44 bits per heavy atom. The van der Waals surface area contributed by atoms with Crippen LogP contribution in [0, 0.1) is 17.0 Å². The van der Waals surface area contributed by atoms with Gasteiger partial charge in [-0.2, -0.15) is 0 Å². The van der Waals surface area contributed by atoms with Crippen molar-refractivity contribution in [2.45, 2.75) is 13.5 Å². The molecule has 1 aromatic carbocycles. The molecule has 0 amide bonds. The molecule has 0 unspecified atom stereocenters.